The third-order valence-electron chi connectivity index (χ3n) is 4.03. The van der Waals surface area contributed by atoms with E-state index in [4.69, 9.17) is 4.74 Å². The van der Waals surface area contributed by atoms with E-state index in [0.717, 1.165) is 0 Å². The van der Waals surface area contributed by atoms with Crippen molar-refractivity contribution in [3.05, 3.63) is 82.9 Å². The first-order valence-corrected chi connectivity index (χ1v) is 8.15. The Labute approximate surface area is 155 Å². The van der Waals surface area contributed by atoms with Crippen molar-refractivity contribution in [3.63, 3.8) is 0 Å². The minimum absolute atomic E-state index is 0.0199. The molecule has 0 radical (unpaired) electrons. The Morgan fingerprint density at radius 3 is 2.63 bits per heavy atom. The Kier molecular flexibility index (Phi) is 5.30. The number of aromatic nitrogens is 2. The smallest absolute Gasteiger partial charge is 0.341 e. The van der Waals surface area contributed by atoms with Gasteiger partial charge in [-0.05, 0) is 36.8 Å². The van der Waals surface area contributed by atoms with Crippen LogP contribution in [-0.2, 0) is 16.1 Å². The van der Waals surface area contributed by atoms with Crippen molar-refractivity contribution >= 4 is 11.9 Å². The number of rotatable bonds is 5. The molecule has 0 fully saturated rings. The number of hydrogen-bond acceptors (Lipinski definition) is 5. The summed E-state index contributed by atoms with van der Waals surface area (Å²) in [7, 11) is 1.30. The van der Waals surface area contributed by atoms with E-state index in [0.29, 0.717) is 16.8 Å². The van der Waals surface area contributed by atoms with E-state index < -0.39 is 17.8 Å². The zero-order valence-corrected chi connectivity index (χ0v) is 14.8. The van der Waals surface area contributed by atoms with Crippen LogP contribution in [0.25, 0.3) is 5.69 Å². The molecule has 27 heavy (non-hydrogen) atoms. The van der Waals surface area contributed by atoms with Gasteiger partial charge >= 0.3 is 11.9 Å². The molecule has 6 nitrogen and oxygen atoms in total. The summed E-state index contributed by atoms with van der Waals surface area (Å²) in [6.45, 7) is 1.64. The molecule has 1 heterocycles. The number of para-hydroxylation sites is 1. The maximum atomic E-state index is 14.0. The molecule has 3 rings (SSSR count). The summed E-state index contributed by atoms with van der Waals surface area (Å²) in [5.74, 6) is -1.49. The minimum atomic E-state index is -0.585. The van der Waals surface area contributed by atoms with Crippen molar-refractivity contribution in [1.82, 2.24) is 9.78 Å². The summed E-state index contributed by atoms with van der Waals surface area (Å²) >= 11 is 0. The van der Waals surface area contributed by atoms with Crippen LogP contribution in [0.1, 0.15) is 32.0 Å². The van der Waals surface area contributed by atoms with Gasteiger partial charge < -0.3 is 9.47 Å². The lowest BCUT2D eigenvalue weighted by Gasteiger charge is -2.08. The fraction of sp³-hybridized carbons (Fsp3) is 0.150. The van der Waals surface area contributed by atoms with Gasteiger partial charge in [0.1, 0.15) is 23.7 Å². The van der Waals surface area contributed by atoms with Crippen molar-refractivity contribution in [2.24, 2.45) is 0 Å². The van der Waals surface area contributed by atoms with Gasteiger partial charge in [0.2, 0.25) is 0 Å². The Morgan fingerprint density at radius 2 is 1.89 bits per heavy atom. The third-order valence-corrected chi connectivity index (χ3v) is 4.03. The molecule has 0 unspecified atom stereocenters. The van der Waals surface area contributed by atoms with Crippen LogP contribution in [0.5, 0.6) is 0 Å². The number of ether oxygens (including phenoxy) is 2. The van der Waals surface area contributed by atoms with Crippen molar-refractivity contribution in [1.29, 1.82) is 0 Å². The van der Waals surface area contributed by atoms with E-state index in [-0.39, 0.29) is 17.9 Å². The summed E-state index contributed by atoms with van der Waals surface area (Å²) < 4.78 is 25.3. The van der Waals surface area contributed by atoms with Gasteiger partial charge in [-0.25, -0.2) is 18.7 Å². The average Bonchev–Trinajstić information content (AvgIpc) is 3.07. The molecule has 2 aromatic carbocycles. The number of benzene rings is 2. The predicted molar refractivity (Wildman–Crippen MR) is 95.2 cm³/mol. The molecule has 0 atom stereocenters. The standard InChI is InChI=1S/C20H17FN2O4/c1-13-16(11-22-23(13)18-9-4-3-8-17(18)21)20(25)27-12-14-6-5-7-15(10-14)19(24)26-2/h3-11H,12H2,1-2H3. The van der Waals surface area contributed by atoms with Gasteiger partial charge in [-0.3, -0.25) is 0 Å². The summed E-state index contributed by atoms with van der Waals surface area (Å²) in [4.78, 5) is 23.9. The van der Waals surface area contributed by atoms with Crippen LogP contribution >= 0.6 is 0 Å². The summed E-state index contributed by atoms with van der Waals surface area (Å²) in [5, 5.41) is 4.09. The second kappa shape index (κ2) is 7.82. The highest BCUT2D eigenvalue weighted by Gasteiger charge is 2.18. The number of halogens is 1. The first-order chi connectivity index (χ1) is 13.0. The number of hydrogen-bond donors (Lipinski definition) is 0. The van der Waals surface area contributed by atoms with Gasteiger partial charge in [0.05, 0.1) is 24.6 Å². The SMILES string of the molecule is COC(=O)c1cccc(COC(=O)c2cnn(-c3ccccc3F)c2C)c1. The predicted octanol–water partition coefficient (Wildman–Crippen LogP) is 3.46. The lowest BCUT2D eigenvalue weighted by Crippen LogP contribution is -2.08. The lowest BCUT2D eigenvalue weighted by atomic mass is 10.1. The summed E-state index contributed by atoms with van der Waals surface area (Å²) in [6.07, 6.45) is 1.34. The molecule has 0 saturated heterocycles. The highest BCUT2D eigenvalue weighted by Crippen LogP contribution is 2.18. The van der Waals surface area contributed by atoms with Gasteiger partial charge in [-0.15, -0.1) is 0 Å². The zero-order valence-electron chi connectivity index (χ0n) is 14.8. The number of methoxy groups -OCH3 is 1. The van der Waals surface area contributed by atoms with Crippen LogP contribution in [0.4, 0.5) is 4.39 Å². The molecule has 138 valence electrons. The van der Waals surface area contributed by atoms with E-state index in [1.165, 1.54) is 24.1 Å². The second-order valence-electron chi connectivity index (χ2n) is 5.77. The molecule has 0 bridgehead atoms. The summed E-state index contributed by atoms with van der Waals surface area (Å²) in [5.41, 5.74) is 1.97. The van der Waals surface area contributed by atoms with Crippen LogP contribution in [0.2, 0.25) is 0 Å². The van der Waals surface area contributed by atoms with Crippen molar-refractivity contribution in [2.75, 3.05) is 7.11 Å². The molecular formula is C20H17FN2O4. The number of esters is 2. The van der Waals surface area contributed by atoms with Gasteiger partial charge in [0, 0.05) is 0 Å². The van der Waals surface area contributed by atoms with Gasteiger partial charge in [0.25, 0.3) is 0 Å². The van der Waals surface area contributed by atoms with Crippen molar-refractivity contribution in [3.8, 4) is 5.69 Å². The third kappa shape index (κ3) is 3.87. The van der Waals surface area contributed by atoms with Gasteiger partial charge in [-0.1, -0.05) is 24.3 Å². The molecule has 3 aromatic rings. The van der Waals surface area contributed by atoms with Crippen LogP contribution < -0.4 is 0 Å². The van der Waals surface area contributed by atoms with Crippen molar-refractivity contribution in [2.45, 2.75) is 13.5 Å². The number of carbonyl (C=O) groups is 2. The molecule has 0 spiro atoms. The maximum absolute atomic E-state index is 14.0. The molecule has 0 aliphatic carbocycles. The average molecular weight is 368 g/mol. The molecule has 0 aliphatic heterocycles. The molecule has 0 N–H and O–H groups in total. The second-order valence-corrected chi connectivity index (χ2v) is 5.77. The van der Waals surface area contributed by atoms with E-state index in [9.17, 15) is 14.0 Å². The molecule has 0 saturated carbocycles. The highest BCUT2D eigenvalue weighted by molar-refractivity contribution is 5.91. The fourth-order valence-electron chi connectivity index (χ4n) is 2.61. The van der Waals surface area contributed by atoms with Gasteiger partial charge in [-0.2, -0.15) is 5.10 Å². The first kappa shape index (κ1) is 18.3. The van der Waals surface area contributed by atoms with E-state index >= 15 is 0 Å². The fourth-order valence-corrected chi connectivity index (χ4v) is 2.61. The first-order valence-electron chi connectivity index (χ1n) is 8.15. The van der Waals surface area contributed by atoms with Crippen LogP contribution in [0.3, 0.4) is 0 Å². The quantitative estimate of drug-likeness (QED) is 0.645. The number of carbonyl (C=O) groups excluding carboxylic acids is 2. The molecule has 0 aliphatic rings. The Balaban J connectivity index is 1.75. The zero-order chi connectivity index (χ0) is 19.4. The Bertz CT molecular complexity index is 997. The van der Waals surface area contributed by atoms with Crippen LogP contribution in [-0.4, -0.2) is 28.8 Å². The van der Waals surface area contributed by atoms with E-state index in [2.05, 4.69) is 9.84 Å². The Hall–Kier alpha value is -3.48. The largest absolute Gasteiger partial charge is 0.465 e. The molecule has 7 heteroatoms. The van der Waals surface area contributed by atoms with Crippen LogP contribution in [0, 0.1) is 12.7 Å². The maximum Gasteiger partial charge on any atom is 0.341 e. The minimum Gasteiger partial charge on any atom is -0.465 e. The topological polar surface area (TPSA) is 70.4 Å². The van der Waals surface area contributed by atoms with Gasteiger partial charge in [0.15, 0.2) is 0 Å². The number of nitrogens with zero attached hydrogens (tertiary/aromatic N) is 2. The highest BCUT2D eigenvalue weighted by atomic mass is 19.1. The monoisotopic (exact) mass is 368 g/mol. The normalized spacial score (nSPS) is 10.5. The van der Waals surface area contributed by atoms with E-state index in [1.807, 2.05) is 0 Å². The Morgan fingerprint density at radius 1 is 1.11 bits per heavy atom. The molecule has 1 aromatic heterocycles. The van der Waals surface area contributed by atoms with Crippen LogP contribution in [0.15, 0.2) is 54.7 Å². The molecular weight excluding hydrogens is 351 g/mol. The molecule has 0 amide bonds. The van der Waals surface area contributed by atoms with Crippen molar-refractivity contribution < 1.29 is 23.5 Å². The van der Waals surface area contributed by atoms with E-state index in [1.54, 1.807) is 49.4 Å². The lowest BCUT2D eigenvalue weighted by molar-refractivity contribution is 0.0472. The summed E-state index contributed by atoms with van der Waals surface area (Å²) in [6, 6.07) is 12.8.